The first kappa shape index (κ1) is 32.8. The summed E-state index contributed by atoms with van der Waals surface area (Å²) in [6.07, 6.45) is 4.30. The van der Waals surface area contributed by atoms with Crippen molar-refractivity contribution < 1.29 is 22.7 Å². The summed E-state index contributed by atoms with van der Waals surface area (Å²) < 4.78 is 32.8. The van der Waals surface area contributed by atoms with E-state index >= 15 is 0 Å². The molecule has 2 amide bonds. The quantitative estimate of drug-likeness (QED) is 0.213. The molecular weight excluding hydrogens is 600 g/mol. The second-order valence-electron chi connectivity index (χ2n) is 11.4. The summed E-state index contributed by atoms with van der Waals surface area (Å²) in [6.45, 7) is 1.55. The molecule has 10 heteroatoms. The summed E-state index contributed by atoms with van der Waals surface area (Å²) in [5.74, 6) is 0.247. The highest BCUT2D eigenvalue weighted by atomic mass is 32.2. The summed E-state index contributed by atoms with van der Waals surface area (Å²) in [4.78, 5) is 34.1. The van der Waals surface area contributed by atoms with Gasteiger partial charge >= 0.3 is 0 Å². The first-order chi connectivity index (χ1) is 22.3. The van der Waals surface area contributed by atoms with Crippen LogP contribution in [0.15, 0.2) is 108 Å². The number of amides is 2. The van der Waals surface area contributed by atoms with E-state index in [1.807, 2.05) is 72.8 Å². The number of methoxy groups -OCH3 is 1. The fraction of sp³-hybridized carbons (Fsp3) is 0.306. The van der Waals surface area contributed by atoms with Gasteiger partial charge in [-0.2, -0.15) is 4.31 Å². The van der Waals surface area contributed by atoms with E-state index in [9.17, 15) is 18.0 Å². The number of hydrogen-bond acceptors (Lipinski definition) is 6. The predicted octanol–water partition coefficient (Wildman–Crippen LogP) is 4.76. The number of aromatic nitrogens is 1. The number of ether oxygens (including phenoxy) is 1. The Bertz CT molecular complexity index is 1680. The summed E-state index contributed by atoms with van der Waals surface area (Å²) in [7, 11) is -1.92. The lowest BCUT2D eigenvalue weighted by Gasteiger charge is -2.31. The molecule has 1 N–H and O–H groups in total. The number of nitrogens with zero attached hydrogens (tertiary/aromatic N) is 3. The number of sulfonamides is 1. The minimum Gasteiger partial charge on any atom is -0.497 e. The monoisotopic (exact) mass is 640 g/mol. The maximum absolute atomic E-state index is 14.1. The van der Waals surface area contributed by atoms with Crippen LogP contribution in [-0.4, -0.2) is 60.7 Å². The minimum atomic E-state index is -3.52. The fourth-order valence-electron chi connectivity index (χ4n) is 5.58. The summed E-state index contributed by atoms with van der Waals surface area (Å²) >= 11 is 0. The smallest absolute Gasteiger partial charge is 0.243 e. The zero-order valence-electron chi connectivity index (χ0n) is 26.0. The zero-order valence-corrected chi connectivity index (χ0v) is 26.9. The normalized spacial score (nSPS) is 14.0. The first-order valence-corrected chi connectivity index (χ1v) is 17.0. The number of aryl methyl sites for hydroxylation is 1. The van der Waals surface area contributed by atoms with Crippen molar-refractivity contribution in [3.8, 4) is 5.75 Å². The van der Waals surface area contributed by atoms with E-state index in [0.29, 0.717) is 31.7 Å². The van der Waals surface area contributed by atoms with Crippen LogP contribution in [0.25, 0.3) is 0 Å². The lowest BCUT2D eigenvalue weighted by molar-refractivity contribution is -0.141. The predicted molar refractivity (Wildman–Crippen MR) is 176 cm³/mol. The number of carbonyl (C=O) groups is 2. The van der Waals surface area contributed by atoms with Crippen LogP contribution in [0.3, 0.4) is 0 Å². The molecule has 240 valence electrons. The Labute approximate surface area is 271 Å². The van der Waals surface area contributed by atoms with E-state index in [-0.39, 0.29) is 36.2 Å². The van der Waals surface area contributed by atoms with Gasteiger partial charge in [-0.1, -0.05) is 60.7 Å². The fourth-order valence-corrected chi connectivity index (χ4v) is 7.10. The van der Waals surface area contributed by atoms with Crippen LogP contribution in [0.1, 0.15) is 41.6 Å². The van der Waals surface area contributed by atoms with Gasteiger partial charge in [-0.05, 0) is 72.4 Å². The number of pyridine rings is 1. The van der Waals surface area contributed by atoms with Gasteiger partial charge in [0.25, 0.3) is 0 Å². The van der Waals surface area contributed by atoms with Gasteiger partial charge in [0.15, 0.2) is 0 Å². The minimum absolute atomic E-state index is 0.146. The van der Waals surface area contributed by atoms with Crippen molar-refractivity contribution in [2.75, 3.05) is 20.2 Å². The van der Waals surface area contributed by atoms with Crippen molar-refractivity contribution in [3.63, 3.8) is 0 Å². The highest BCUT2D eigenvalue weighted by Gasteiger charge is 2.31. The van der Waals surface area contributed by atoms with Crippen LogP contribution in [0.2, 0.25) is 0 Å². The maximum atomic E-state index is 14.1. The second kappa shape index (κ2) is 15.6. The number of rotatable bonds is 14. The molecule has 9 nitrogen and oxygen atoms in total. The van der Waals surface area contributed by atoms with Gasteiger partial charge in [0.2, 0.25) is 21.8 Å². The summed E-state index contributed by atoms with van der Waals surface area (Å²) in [5.41, 5.74) is 3.36. The Hall–Kier alpha value is -4.54. The molecule has 4 aromatic rings. The van der Waals surface area contributed by atoms with Crippen molar-refractivity contribution in [3.05, 3.63) is 126 Å². The molecule has 5 rings (SSSR count). The van der Waals surface area contributed by atoms with Crippen LogP contribution in [0.5, 0.6) is 5.75 Å². The molecule has 0 radical (unpaired) electrons. The highest BCUT2D eigenvalue weighted by Crippen LogP contribution is 2.23. The molecule has 1 atom stereocenters. The number of nitrogens with one attached hydrogen (secondary N) is 1. The van der Waals surface area contributed by atoms with Crippen LogP contribution < -0.4 is 10.1 Å². The molecule has 0 saturated carbocycles. The van der Waals surface area contributed by atoms with Crippen molar-refractivity contribution in [1.29, 1.82) is 0 Å². The zero-order chi connectivity index (χ0) is 32.4. The molecule has 2 heterocycles. The Balaban J connectivity index is 1.37. The van der Waals surface area contributed by atoms with E-state index in [1.165, 1.54) is 4.31 Å². The molecule has 0 spiro atoms. The van der Waals surface area contributed by atoms with E-state index in [1.54, 1.807) is 42.5 Å². The maximum Gasteiger partial charge on any atom is 0.243 e. The lowest BCUT2D eigenvalue weighted by Crippen LogP contribution is -2.50. The van der Waals surface area contributed by atoms with Gasteiger partial charge in [-0.25, -0.2) is 8.42 Å². The van der Waals surface area contributed by atoms with Crippen LogP contribution in [0.4, 0.5) is 0 Å². The molecule has 1 aromatic heterocycles. The highest BCUT2D eigenvalue weighted by molar-refractivity contribution is 7.89. The third kappa shape index (κ3) is 8.58. The number of benzene rings is 3. The Kier molecular flexibility index (Phi) is 11.2. The Morgan fingerprint density at radius 1 is 0.870 bits per heavy atom. The molecule has 46 heavy (non-hydrogen) atoms. The van der Waals surface area contributed by atoms with Crippen molar-refractivity contribution >= 4 is 21.8 Å². The SMILES string of the molecule is COc1ccc(CN(C(=O)CCc2ccc(S(=O)(=O)N3CCCC3)cc2)C(Cc2ccccc2)C(=O)NCc2ccccn2)cc1. The average Bonchev–Trinajstić information content (AvgIpc) is 3.66. The molecule has 1 aliphatic heterocycles. The number of hydrogen-bond donors (Lipinski definition) is 1. The van der Waals surface area contributed by atoms with Gasteiger partial charge in [0, 0.05) is 38.7 Å². The third-order valence-electron chi connectivity index (χ3n) is 8.21. The van der Waals surface area contributed by atoms with E-state index in [4.69, 9.17) is 4.74 Å². The van der Waals surface area contributed by atoms with Crippen molar-refractivity contribution in [1.82, 2.24) is 19.5 Å². The second-order valence-corrected chi connectivity index (χ2v) is 13.3. The van der Waals surface area contributed by atoms with Crippen molar-refractivity contribution in [2.45, 2.75) is 56.1 Å². The van der Waals surface area contributed by atoms with Crippen LogP contribution in [-0.2, 0) is 45.5 Å². The Morgan fingerprint density at radius 3 is 2.20 bits per heavy atom. The third-order valence-corrected chi connectivity index (χ3v) is 10.1. The molecule has 1 fully saturated rings. The average molecular weight is 641 g/mol. The van der Waals surface area contributed by atoms with Gasteiger partial charge in [0.05, 0.1) is 24.2 Å². The van der Waals surface area contributed by atoms with Gasteiger partial charge in [0.1, 0.15) is 11.8 Å². The van der Waals surface area contributed by atoms with Crippen LogP contribution in [0, 0.1) is 0 Å². The molecule has 3 aromatic carbocycles. The molecule has 0 aliphatic carbocycles. The van der Waals surface area contributed by atoms with Gasteiger partial charge in [-0.15, -0.1) is 0 Å². The van der Waals surface area contributed by atoms with E-state index in [0.717, 1.165) is 35.2 Å². The molecule has 1 unspecified atom stereocenters. The largest absolute Gasteiger partial charge is 0.497 e. The van der Waals surface area contributed by atoms with Crippen LogP contribution >= 0.6 is 0 Å². The Morgan fingerprint density at radius 2 is 1.54 bits per heavy atom. The first-order valence-electron chi connectivity index (χ1n) is 15.6. The topological polar surface area (TPSA) is 109 Å². The molecule has 1 saturated heterocycles. The summed E-state index contributed by atoms with van der Waals surface area (Å²) in [6, 6.07) is 28.6. The van der Waals surface area contributed by atoms with E-state index in [2.05, 4.69) is 10.3 Å². The molecular formula is C36H40N4O5S. The molecule has 1 aliphatic rings. The standard InChI is InChI=1S/C36H40N4O5S/c1-45-32-17-12-30(13-18-32)27-40(34(25-29-9-3-2-4-10-29)36(42)38-26-31-11-5-6-22-37-31)35(41)21-16-28-14-19-33(20-15-28)46(43,44)39-23-7-8-24-39/h2-6,9-15,17-20,22,34H,7-8,16,21,23-27H2,1H3,(H,38,42). The lowest BCUT2D eigenvalue weighted by atomic mass is 10.0. The van der Waals surface area contributed by atoms with Gasteiger partial charge in [-0.3, -0.25) is 14.6 Å². The van der Waals surface area contributed by atoms with Crippen molar-refractivity contribution in [2.24, 2.45) is 0 Å². The number of carbonyl (C=O) groups excluding carboxylic acids is 2. The van der Waals surface area contributed by atoms with Gasteiger partial charge < -0.3 is 15.0 Å². The van der Waals surface area contributed by atoms with E-state index < -0.39 is 16.1 Å². The summed E-state index contributed by atoms with van der Waals surface area (Å²) in [5, 5.41) is 3.00. The molecule has 0 bridgehead atoms.